The Morgan fingerprint density at radius 2 is 1.33 bits per heavy atom. The van der Waals surface area contributed by atoms with Crippen LogP contribution >= 0.6 is 0 Å². The van der Waals surface area contributed by atoms with Gasteiger partial charge in [-0.1, -0.05) is 42.5 Å². The SMILES string of the molecule is COc1ccccc1OC(=O)COc1ccc(OCc2ccccc2)cc1. The lowest BCUT2D eigenvalue weighted by Crippen LogP contribution is -2.18. The molecular formula is C22H20O5. The molecule has 138 valence electrons. The molecule has 3 aromatic rings. The Labute approximate surface area is 158 Å². The minimum absolute atomic E-state index is 0.206. The van der Waals surface area contributed by atoms with Crippen molar-refractivity contribution in [2.24, 2.45) is 0 Å². The second-order valence-corrected chi connectivity index (χ2v) is 5.66. The van der Waals surface area contributed by atoms with E-state index in [1.807, 2.05) is 30.3 Å². The van der Waals surface area contributed by atoms with Crippen molar-refractivity contribution in [3.63, 3.8) is 0 Å². The zero-order chi connectivity index (χ0) is 18.9. The van der Waals surface area contributed by atoms with Crippen LogP contribution in [-0.4, -0.2) is 19.7 Å². The highest BCUT2D eigenvalue weighted by Gasteiger charge is 2.10. The lowest BCUT2D eigenvalue weighted by molar-refractivity contribution is -0.136. The molecular weight excluding hydrogens is 344 g/mol. The molecule has 0 N–H and O–H groups in total. The van der Waals surface area contributed by atoms with Gasteiger partial charge in [0.1, 0.15) is 18.1 Å². The van der Waals surface area contributed by atoms with E-state index < -0.39 is 5.97 Å². The molecule has 0 heterocycles. The number of rotatable bonds is 8. The highest BCUT2D eigenvalue weighted by atomic mass is 16.6. The van der Waals surface area contributed by atoms with Crippen molar-refractivity contribution in [2.45, 2.75) is 6.61 Å². The average Bonchev–Trinajstić information content (AvgIpc) is 2.72. The molecule has 0 saturated carbocycles. The number of carbonyl (C=O) groups is 1. The van der Waals surface area contributed by atoms with Crippen LogP contribution in [0.4, 0.5) is 0 Å². The van der Waals surface area contributed by atoms with Crippen LogP contribution in [0.1, 0.15) is 5.56 Å². The van der Waals surface area contributed by atoms with Gasteiger partial charge in [0.15, 0.2) is 18.1 Å². The summed E-state index contributed by atoms with van der Waals surface area (Å²) in [4.78, 5) is 12.0. The normalized spacial score (nSPS) is 10.1. The number of methoxy groups -OCH3 is 1. The summed E-state index contributed by atoms with van der Waals surface area (Å²) >= 11 is 0. The quantitative estimate of drug-likeness (QED) is 0.442. The summed E-state index contributed by atoms with van der Waals surface area (Å²) in [7, 11) is 1.52. The topological polar surface area (TPSA) is 54.0 Å². The molecule has 0 aromatic heterocycles. The Bertz CT molecular complexity index is 859. The Kier molecular flexibility index (Phi) is 6.30. The standard InChI is InChI=1S/C22H20O5/c1-24-20-9-5-6-10-21(20)27-22(23)16-26-19-13-11-18(12-14-19)25-15-17-7-3-2-4-8-17/h2-14H,15-16H2,1H3. The average molecular weight is 364 g/mol. The molecule has 0 atom stereocenters. The fraction of sp³-hybridized carbons (Fsp3) is 0.136. The van der Waals surface area contributed by atoms with E-state index in [-0.39, 0.29) is 6.61 Å². The van der Waals surface area contributed by atoms with E-state index in [1.165, 1.54) is 7.11 Å². The van der Waals surface area contributed by atoms with Crippen LogP contribution in [0.3, 0.4) is 0 Å². The molecule has 0 amide bonds. The van der Waals surface area contributed by atoms with Crippen LogP contribution in [0.15, 0.2) is 78.9 Å². The molecule has 5 heteroatoms. The smallest absolute Gasteiger partial charge is 0.349 e. The first-order chi connectivity index (χ1) is 13.2. The summed E-state index contributed by atoms with van der Waals surface area (Å²) in [5.74, 6) is 1.62. The summed E-state index contributed by atoms with van der Waals surface area (Å²) in [5, 5.41) is 0. The highest BCUT2D eigenvalue weighted by Crippen LogP contribution is 2.26. The first-order valence-corrected chi connectivity index (χ1v) is 8.48. The van der Waals surface area contributed by atoms with Gasteiger partial charge < -0.3 is 18.9 Å². The molecule has 0 spiro atoms. The Morgan fingerprint density at radius 1 is 0.741 bits per heavy atom. The first kappa shape index (κ1) is 18.3. The van der Waals surface area contributed by atoms with E-state index in [4.69, 9.17) is 18.9 Å². The van der Waals surface area contributed by atoms with Crippen molar-refractivity contribution in [3.05, 3.63) is 84.4 Å². The molecule has 0 aliphatic rings. The maximum absolute atomic E-state index is 12.0. The second-order valence-electron chi connectivity index (χ2n) is 5.66. The lowest BCUT2D eigenvalue weighted by atomic mass is 10.2. The third-order valence-corrected chi connectivity index (χ3v) is 3.72. The second kappa shape index (κ2) is 9.29. The van der Waals surface area contributed by atoms with Crippen molar-refractivity contribution in [2.75, 3.05) is 13.7 Å². The van der Waals surface area contributed by atoms with Gasteiger partial charge in [0.2, 0.25) is 0 Å². The van der Waals surface area contributed by atoms with Crippen LogP contribution in [0.5, 0.6) is 23.0 Å². The maximum atomic E-state index is 12.0. The molecule has 0 unspecified atom stereocenters. The summed E-state index contributed by atoms with van der Waals surface area (Å²) in [5.41, 5.74) is 1.09. The predicted molar refractivity (Wildman–Crippen MR) is 101 cm³/mol. The Morgan fingerprint density at radius 3 is 2.00 bits per heavy atom. The monoisotopic (exact) mass is 364 g/mol. The number of esters is 1. The molecule has 5 nitrogen and oxygen atoms in total. The van der Waals surface area contributed by atoms with Crippen LogP contribution in [-0.2, 0) is 11.4 Å². The van der Waals surface area contributed by atoms with Gasteiger partial charge in [-0.3, -0.25) is 0 Å². The van der Waals surface area contributed by atoms with Crippen molar-refractivity contribution in [1.29, 1.82) is 0 Å². The summed E-state index contributed by atoms with van der Waals surface area (Å²) in [6, 6.07) is 24.0. The van der Waals surface area contributed by atoms with Crippen molar-refractivity contribution in [3.8, 4) is 23.0 Å². The van der Waals surface area contributed by atoms with E-state index in [1.54, 1.807) is 48.5 Å². The number of benzene rings is 3. The van der Waals surface area contributed by atoms with Gasteiger partial charge in [-0.25, -0.2) is 4.79 Å². The molecule has 0 bridgehead atoms. The molecule has 0 radical (unpaired) electrons. The minimum atomic E-state index is -0.510. The highest BCUT2D eigenvalue weighted by molar-refractivity contribution is 5.74. The van der Waals surface area contributed by atoms with Gasteiger partial charge in [-0.05, 0) is 42.0 Å². The van der Waals surface area contributed by atoms with Crippen molar-refractivity contribution < 1.29 is 23.7 Å². The number of hydrogen-bond acceptors (Lipinski definition) is 5. The predicted octanol–water partition coefficient (Wildman–Crippen LogP) is 4.26. The third-order valence-electron chi connectivity index (χ3n) is 3.72. The van der Waals surface area contributed by atoms with E-state index in [9.17, 15) is 4.79 Å². The van der Waals surface area contributed by atoms with Gasteiger partial charge in [-0.15, -0.1) is 0 Å². The fourth-order valence-electron chi connectivity index (χ4n) is 2.37. The van der Waals surface area contributed by atoms with E-state index in [0.29, 0.717) is 23.9 Å². The van der Waals surface area contributed by atoms with Crippen molar-refractivity contribution in [1.82, 2.24) is 0 Å². The number of ether oxygens (including phenoxy) is 4. The Balaban J connectivity index is 1.47. The maximum Gasteiger partial charge on any atom is 0.349 e. The molecule has 27 heavy (non-hydrogen) atoms. The molecule has 0 aliphatic heterocycles. The van der Waals surface area contributed by atoms with Gasteiger partial charge in [0.25, 0.3) is 0 Å². The summed E-state index contributed by atoms with van der Waals surface area (Å²) < 4.78 is 21.6. The van der Waals surface area contributed by atoms with Gasteiger partial charge in [0, 0.05) is 0 Å². The third kappa shape index (κ3) is 5.51. The van der Waals surface area contributed by atoms with E-state index >= 15 is 0 Å². The van der Waals surface area contributed by atoms with Gasteiger partial charge >= 0.3 is 5.97 Å². The summed E-state index contributed by atoms with van der Waals surface area (Å²) in [6.45, 7) is 0.286. The number of hydrogen-bond donors (Lipinski definition) is 0. The zero-order valence-corrected chi connectivity index (χ0v) is 15.0. The summed E-state index contributed by atoms with van der Waals surface area (Å²) in [6.07, 6.45) is 0. The van der Waals surface area contributed by atoms with Gasteiger partial charge in [-0.2, -0.15) is 0 Å². The molecule has 3 rings (SSSR count). The largest absolute Gasteiger partial charge is 0.493 e. The van der Waals surface area contributed by atoms with Crippen molar-refractivity contribution >= 4 is 5.97 Å². The molecule has 3 aromatic carbocycles. The van der Waals surface area contributed by atoms with Gasteiger partial charge in [0.05, 0.1) is 7.11 Å². The van der Waals surface area contributed by atoms with Crippen LogP contribution < -0.4 is 18.9 Å². The lowest BCUT2D eigenvalue weighted by Gasteiger charge is -2.10. The van der Waals surface area contributed by atoms with E-state index in [2.05, 4.69) is 0 Å². The van der Waals surface area contributed by atoms with E-state index in [0.717, 1.165) is 11.3 Å². The number of para-hydroxylation sites is 2. The fourth-order valence-corrected chi connectivity index (χ4v) is 2.37. The van der Waals surface area contributed by atoms with Crippen LogP contribution in [0.2, 0.25) is 0 Å². The number of carbonyl (C=O) groups excluding carboxylic acids is 1. The minimum Gasteiger partial charge on any atom is -0.493 e. The van der Waals surface area contributed by atoms with Crippen LogP contribution in [0, 0.1) is 0 Å². The zero-order valence-electron chi connectivity index (χ0n) is 15.0. The Hall–Kier alpha value is -3.47. The van der Waals surface area contributed by atoms with Crippen LogP contribution in [0.25, 0.3) is 0 Å². The molecule has 0 fully saturated rings. The molecule has 0 aliphatic carbocycles. The molecule has 0 saturated heterocycles. The first-order valence-electron chi connectivity index (χ1n) is 8.48.